The lowest BCUT2D eigenvalue weighted by molar-refractivity contribution is -0.118. The Bertz CT molecular complexity index is 1000. The minimum absolute atomic E-state index is 0.100. The molecule has 0 N–H and O–H groups in total. The molecule has 0 fully saturated rings. The summed E-state index contributed by atoms with van der Waals surface area (Å²) >= 11 is 0. The van der Waals surface area contributed by atoms with E-state index in [-0.39, 0.29) is 11.3 Å². The molecule has 0 saturated carbocycles. The molecule has 4 heteroatoms. The van der Waals surface area contributed by atoms with Gasteiger partial charge in [-0.05, 0) is 30.2 Å². The molecule has 4 nitrogen and oxygen atoms in total. The second-order valence-electron chi connectivity index (χ2n) is 5.86. The average molecular weight is 305 g/mol. The Morgan fingerprint density at radius 3 is 2.61 bits per heavy atom. The minimum atomic E-state index is -0.601. The van der Waals surface area contributed by atoms with Crippen LogP contribution in [0.5, 0.6) is 0 Å². The normalized spacial score (nSPS) is 16.9. The summed E-state index contributed by atoms with van der Waals surface area (Å²) in [5, 5.41) is 0.501. The van der Waals surface area contributed by atoms with Gasteiger partial charge in [0.05, 0.1) is 28.8 Å². The molecule has 2 heterocycles. The fourth-order valence-corrected chi connectivity index (χ4v) is 3.40. The number of benzene rings is 2. The fraction of sp³-hybridized carbons (Fsp3) is 0.158. The van der Waals surface area contributed by atoms with Gasteiger partial charge in [-0.2, -0.15) is 0 Å². The molecular weight excluding hydrogens is 290 g/mol. The molecule has 4 rings (SSSR count). The third kappa shape index (κ3) is 1.84. The molecule has 1 aliphatic heterocycles. The number of rotatable bonds is 1. The molecule has 1 amide bonds. The summed E-state index contributed by atoms with van der Waals surface area (Å²) in [6, 6.07) is 12.9. The molecule has 0 saturated heterocycles. The van der Waals surface area contributed by atoms with E-state index in [0.717, 1.165) is 16.8 Å². The zero-order chi connectivity index (χ0) is 16.1. The van der Waals surface area contributed by atoms with Crippen molar-refractivity contribution >= 4 is 22.6 Å². The Morgan fingerprint density at radius 1 is 1.00 bits per heavy atom. The van der Waals surface area contributed by atoms with Gasteiger partial charge in [0.25, 0.3) is 0 Å². The van der Waals surface area contributed by atoms with Gasteiger partial charge in [-0.3, -0.25) is 9.59 Å². The highest BCUT2D eigenvalue weighted by atomic mass is 16.3. The molecule has 0 radical (unpaired) electrons. The third-order valence-electron chi connectivity index (χ3n) is 4.51. The Kier molecular flexibility index (Phi) is 2.88. The van der Waals surface area contributed by atoms with Crippen molar-refractivity contribution in [3.8, 4) is 0 Å². The summed E-state index contributed by atoms with van der Waals surface area (Å²) in [6.45, 7) is 1.97. The molecule has 0 bridgehead atoms. The number of aryl methyl sites for hydroxylation is 1. The van der Waals surface area contributed by atoms with Crippen molar-refractivity contribution in [1.82, 2.24) is 0 Å². The van der Waals surface area contributed by atoms with Gasteiger partial charge >= 0.3 is 0 Å². The van der Waals surface area contributed by atoms with E-state index >= 15 is 0 Å². The monoisotopic (exact) mass is 305 g/mol. The molecule has 2 aromatic carbocycles. The number of carbonyl (C=O) groups is 1. The molecule has 0 unspecified atom stereocenters. The largest absolute Gasteiger partial charge is 0.464 e. The number of hydrogen-bond donors (Lipinski definition) is 0. The van der Waals surface area contributed by atoms with Crippen molar-refractivity contribution in [2.24, 2.45) is 0 Å². The van der Waals surface area contributed by atoms with Gasteiger partial charge in [0.2, 0.25) is 5.91 Å². The van der Waals surface area contributed by atoms with Crippen LogP contribution in [0, 0.1) is 6.92 Å². The lowest BCUT2D eigenvalue weighted by Gasteiger charge is -2.12. The molecule has 23 heavy (non-hydrogen) atoms. The Labute approximate surface area is 133 Å². The number of para-hydroxylation sites is 2. The highest BCUT2D eigenvalue weighted by Crippen LogP contribution is 2.41. The minimum Gasteiger partial charge on any atom is -0.464 e. The van der Waals surface area contributed by atoms with Crippen molar-refractivity contribution in [2.45, 2.75) is 12.8 Å². The smallest absolute Gasteiger partial charge is 0.239 e. The van der Waals surface area contributed by atoms with E-state index in [1.807, 2.05) is 31.2 Å². The van der Waals surface area contributed by atoms with Crippen molar-refractivity contribution in [1.29, 1.82) is 0 Å². The topological polar surface area (TPSA) is 50.5 Å². The van der Waals surface area contributed by atoms with Gasteiger partial charge in [0.15, 0.2) is 5.43 Å². The van der Waals surface area contributed by atoms with Crippen LogP contribution in [0.3, 0.4) is 0 Å². The van der Waals surface area contributed by atoms with Gasteiger partial charge in [0.1, 0.15) is 5.58 Å². The van der Waals surface area contributed by atoms with E-state index in [0.29, 0.717) is 16.5 Å². The highest BCUT2D eigenvalue weighted by Gasteiger charge is 2.38. The van der Waals surface area contributed by atoms with E-state index in [1.165, 1.54) is 6.26 Å². The van der Waals surface area contributed by atoms with Crippen LogP contribution < -0.4 is 10.3 Å². The number of fused-ring (bicyclic) bond motifs is 2. The van der Waals surface area contributed by atoms with Gasteiger partial charge < -0.3 is 9.32 Å². The number of likely N-dealkylation sites (N-methyl/N-ethyl adjacent to an activating group) is 1. The summed E-state index contributed by atoms with van der Waals surface area (Å²) in [4.78, 5) is 27.2. The lowest BCUT2D eigenvalue weighted by atomic mass is 9.92. The molecule has 114 valence electrons. The highest BCUT2D eigenvalue weighted by molar-refractivity contribution is 6.07. The van der Waals surface area contributed by atoms with Crippen LogP contribution in [0.2, 0.25) is 0 Å². The second kappa shape index (κ2) is 4.81. The van der Waals surface area contributed by atoms with Gasteiger partial charge in [0, 0.05) is 7.05 Å². The van der Waals surface area contributed by atoms with E-state index in [9.17, 15) is 9.59 Å². The molecule has 0 aliphatic carbocycles. The number of carbonyl (C=O) groups excluding carboxylic acids is 1. The van der Waals surface area contributed by atoms with Crippen molar-refractivity contribution in [3.63, 3.8) is 0 Å². The summed E-state index contributed by atoms with van der Waals surface area (Å²) in [5.74, 6) is -0.701. The average Bonchev–Trinajstić information content (AvgIpc) is 2.81. The predicted molar refractivity (Wildman–Crippen MR) is 88.9 cm³/mol. The zero-order valence-corrected chi connectivity index (χ0v) is 12.9. The molecule has 1 aliphatic rings. The quantitative estimate of drug-likeness (QED) is 0.693. The first-order chi connectivity index (χ1) is 11.1. The Hall–Kier alpha value is -2.88. The van der Waals surface area contributed by atoms with E-state index in [2.05, 4.69) is 0 Å². The van der Waals surface area contributed by atoms with Crippen LogP contribution >= 0.6 is 0 Å². The standard InChI is InChI=1S/C19H15NO3/c1-11-6-5-8-13-16(19(22)20(2)17(11)13)14-10-23-15-9-4-3-7-12(15)18(14)21/h3-10,16H,1-2H3/t16-/m1/s1. The number of nitrogens with zero attached hydrogens (tertiary/aromatic N) is 1. The van der Waals surface area contributed by atoms with Crippen LogP contribution in [0.25, 0.3) is 11.0 Å². The molecular formula is C19H15NO3. The van der Waals surface area contributed by atoms with Crippen LogP contribution in [-0.2, 0) is 4.79 Å². The number of amides is 1. The van der Waals surface area contributed by atoms with Gasteiger partial charge in [-0.25, -0.2) is 0 Å². The predicted octanol–water partition coefficient (Wildman–Crippen LogP) is 3.21. The van der Waals surface area contributed by atoms with Gasteiger partial charge in [-0.1, -0.05) is 30.3 Å². The van der Waals surface area contributed by atoms with Crippen LogP contribution in [-0.4, -0.2) is 13.0 Å². The first kappa shape index (κ1) is 13.8. The van der Waals surface area contributed by atoms with Crippen molar-refractivity contribution in [3.05, 3.63) is 75.6 Å². The Morgan fingerprint density at radius 2 is 1.78 bits per heavy atom. The molecule has 1 aromatic heterocycles. The SMILES string of the molecule is Cc1cccc2c1N(C)C(=O)[C@H]2c1coc2ccccc2c1=O. The summed E-state index contributed by atoms with van der Waals surface area (Å²) in [5.41, 5.74) is 3.54. The maximum atomic E-state index is 12.8. The van der Waals surface area contributed by atoms with E-state index in [1.54, 1.807) is 30.1 Å². The van der Waals surface area contributed by atoms with Crippen LogP contribution in [0.15, 0.2) is 57.9 Å². The van der Waals surface area contributed by atoms with Gasteiger partial charge in [-0.15, -0.1) is 0 Å². The Balaban J connectivity index is 1.99. The van der Waals surface area contributed by atoms with E-state index < -0.39 is 5.92 Å². The number of anilines is 1. The van der Waals surface area contributed by atoms with Crippen LogP contribution in [0.1, 0.15) is 22.6 Å². The summed E-state index contributed by atoms with van der Waals surface area (Å²) in [6.07, 6.45) is 1.43. The summed E-state index contributed by atoms with van der Waals surface area (Å²) in [7, 11) is 1.75. The van der Waals surface area contributed by atoms with Crippen molar-refractivity contribution < 1.29 is 9.21 Å². The first-order valence-electron chi connectivity index (χ1n) is 7.47. The third-order valence-corrected chi connectivity index (χ3v) is 4.51. The maximum Gasteiger partial charge on any atom is 0.239 e. The second-order valence-corrected chi connectivity index (χ2v) is 5.86. The summed E-state index contributed by atoms with van der Waals surface area (Å²) < 4.78 is 5.59. The maximum absolute atomic E-state index is 12.8. The first-order valence-corrected chi connectivity index (χ1v) is 7.47. The zero-order valence-electron chi connectivity index (χ0n) is 12.9. The van der Waals surface area contributed by atoms with Crippen LogP contribution in [0.4, 0.5) is 5.69 Å². The molecule has 0 spiro atoms. The van der Waals surface area contributed by atoms with Crippen molar-refractivity contribution in [2.75, 3.05) is 11.9 Å². The lowest BCUT2D eigenvalue weighted by Crippen LogP contribution is -2.27. The fourth-order valence-electron chi connectivity index (χ4n) is 3.40. The number of hydrogen-bond acceptors (Lipinski definition) is 3. The molecule has 3 aromatic rings. The molecule has 1 atom stereocenters. The van der Waals surface area contributed by atoms with E-state index in [4.69, 9.17) is 4.42 Å².